The molecule has 6 rings (SSSR count). The molecule has 36 heavy (non-hydrogen) atoms. The van der Waals surface area contributed by atoms with Crippen molar-refractivity contribution in [2.24, 2.45) is 0 Å². The van der Waals surface area contributed by atoms with Gasteiger partial charge in [0.2, 0.25) is 0 Å². The van der Waals surface area contributed by atoms with E-state index in [1.54, 1.807) is 4.90 Å². The van der Waals surface area contributed by atoms with Crippen LogP contribution in [0.2, 0.25) is 0 Å². The van der Waals surface area contributed by atoms with Crippen molar-refractivity contribution >= 4 is 28.5 Å². The number of anilines is 1. The van der Waals surface area contributed by atoms with Gasteiger partial charge in [0.25, 0.3) is 5.91 Å². The quantitative estimate of drug-likeness (QED) is 0.358. The SMILES string of the molecule is O=C(OCC(=O)N1CCCc2ccccc21)c1c2c(nc3ccccc13)CCC(c1ccccc1)C2. The Balaban J connectivity index is 1.29. The Labute approximate surface area is 210 Å². The van der Waals surface area contributed by atoms with Crippen molar-refractivity contribution in [1.82, 2.24) is 4.98 Å². The fourth-order valence-corrected chi connectivity index (χ4v) is 5.70. The molecule has 3 aromatic carbocycles. The number of esters is 1. The number of hydrogen-bond donors (Lipinski definition) is 0. The van der Waals surface area contributed by atoms with Crippen LogP contribution in [0.15, 0.2) is 78.9 Å². The van der Waals surface area contributed by atoms with E-state index in [1.807, 2.05) is 48.5 Å². The summed E-state index contributed by atoms with van der Waals surface area (Å²) in [6.45, 7) is 0.362. The summed E-state index contributed by atoms with van der Waals surface area (Å²) in [5, 5.41) is 0.783. The minimum absolute atomic E-state index is 0.190. The molecule has 0 radical (unpaired) electrons. The number of benzene rings is 3. The van der Waals surface area contributed by atoms with Crippen LogP contribution in [0.4, 0.5) is 5.69 Å². The molecular weight excluding hydrogens is 448 g/mol. The Bertz CT molecular complexity index is 1450. The number of pyridine rings is 1. The summed E-state index contributed by atoms with van der Waals surface area (Å²) in [6, 6.07) is 26.1. The average Bonchev–Trinajstić information content (AvgIpc) is 2.94. The molecule has 0 bridgehead atoms. The molecule has 0 fully saturated rings. The first-order valence-electron chi connectivity index (χ1n) is 12.7. The van der Waals surface area contributed by atoms with Crippen LogP contribution >= 0.6 is 0 Å². The second-order valence-electron chi connectivity index (χ2n) is 9.63. The summed E-state index contributed by atoms with van der Waals surface area (Å²) in [6.07, 6.45) is 4.39. The van der Waals surface area contributed by atoms with Gasteiger partial charge in [-0.05, 0) is 66.8 Å². The lowest BCUT2D eigenvalue weighted by Gasteiger charge is -2.29. The lowest BCUT2D eigenvalue weighted by molar-refractivity contribution is -0.121. The Morgan fingerprint density at radius 3 is 2.58 bits per heavy atom. The van der Waals surface area contributed by atoms with Gasteiger partial charge in [-0.1, -0.05) is 66.7 Å². The minimum atomic E-state index is -0.447. The lowest BCUT2D eigenvalue weighted by atomic mass is 9.80. The van der Waals surface area contributed by atoms with Gasteiger partial charge in [-0.15, -0.1) is 0 Å². The van der Waals surface area contributed by atoms with Crippen LogP contribution in [0.5, 0.6) is 0 Å². The maximum absolute atomic E-state index is 13.6. The Morgan fingerprint density at radius 2 is 1.69 bits per heavy atom. The van der Waals surface area contributed by atoms with Gasteiger partial charge in [-0.25, -0.2) is 4.79 Å². The third kappa shape index (κ3) is 4.15. The van der Waals surface area contributed by atoms with Gasteiger partial charge in [0.1, 0.15) is 0 Å². The molecule has 1 amide bonds. The van der Waals surface area contributed by atoms with Gasteiger partial charge >= 0.3 is 5.97 Å². The molecule has 1 unspecified atom stereocenters. The van der Waals surface area contributed by atoms with E-state index in [9.17, 15) is 9.59 Å². The van der Waals surface area contributed by atoms with E-state index in [-0.39, 0.29) is 12.5 Å². The second-order valence-corrected chi connectivity index (χ2v) is 9.63. The molecule has 0 saturated heterocycles. The first-order chi connectivity index (χ1) is 17.7. The normalized spacial score (nSPS) is 16.8. The zero-order valence-electron chi connectivity index (χ0n) is 20.2. The first kappa shape index (κ1) is 22.5. The van der Waals surface area contributed by atoms with Gasteiger partial charge in [0.05, 0.1) is 11.1 Å². The van der Waals surface area contributed by atoms with Crippen LogP contribution < -0.4 is 4.90 Å². The van der Waals surface area contributed by atoms with Gasteiger partial charge in [0, 0.05) is 23.3 Å². The number of aromatic nitrogens is 1. The number of carbonyl (C=O) groups is 2. The highest BCUT2D eigenvalue weighted by Crippen LogP contribution is 2.36. The van der Waals surface area contributed by atoms with Crippen molar-refractivity contribution in [3.63, 3.8) is 0 Å². The fourth-order valence-electron chi connectivity index (χ4n) is 5.70. The van der Waals surface area contributed by atoms with Crippen molar-refractivity contribution in [3.05, 3.63) is 107 Å². The van der Waals surface area contributed by atoms with Crippen LogP contribution in [0, 0.1) is 0 Å². The molecule has 0 saturated carbocycles. The smallest absolute Gasteiger partial charge is 0.339 e. The molecule has 2 heterocycles. The van der Waals surface area contributed by atoms with Crippen LogP contribution in [0.3, 0.4) is 0 Å². The highest BCUT2D eigenvalue weighted by atomic mass is 16.5. The standard InChI is InChI=1S/C31H28N2O3/c34-29(33-18-8-12-22-11-4-7-15-28(22)33)20-36-31(35)30-24-13-5-6-14-26(24)32-27-17-16-23(19-25(27)30)21-9-2-1-3-10-21/h1-7,9-11,13-15,23H,8,12,16-20H2. The van der Waals surface area contributed by atoms with E-state index >= 15 is 0 Å². The monoisotopic (exact) mass is 476 g/mol. The molecule has 1 aromatic heterocycles. The van der Waals surface area contributed by atoms with Crippen molar-refractivity contribution in [3.8, 4) is 0 Å². The molecule has 1 aliphatic heterocycles. The fraction of sp³-hybridized carbons (Fsp3) is 0.258. The van der Waals surface area contributed by atoms with E-state index < -0.39 is 5.97 Å². The molecule has 0 spiro atoms. The minimum Gasteiger partial charge on any atom is -0.452 e. The van der Waals surface area contributed by atoms with Crippen molar-refractivity contribution < 1.29 is 14.3 Å². The number of hydrogen-bond acceptors (Lipinski definition) is 4. The summed E-state index contributed by atoms with van der Waals surface area (Å²) in [5.74, 6) is -0.318. The van der Waals surface area contributed by atoms with Crippen LogP contribution in [0.1, 0.15) is 51.5 Å². The number of amides is 1. The van der Waals surface area contributed by atoms with Crippen LogP contribution in [-0.4, -0.2) is 30.0 Å². The van der Waals surface area contributed by atoms with Gasteiger partial charge < -0.3 is 9.64 Å². The van der Waals surface area contributed by atoms with Crippen molar-refractivity contribution in [2.75, 3.05) is 18.1 Å². The van der Waals surface area contributed by atoms with E-state index in [0.717, 1.165) is 65.5 Å². The van der Waals surface area contributed by atoms with Gasteiger partial charge in [0.15, 0.2) is 6.61 Å². The zero-order chi connectivity index (χ0) is 24.5. The number of nitrogens with zero attached hydrogens (tertiary/aromatic N) is 2. The highest BCUT2D eigenvalue weighted by Gasteiger charge is 2.29. The van der Waals surface area contributed by atoms with Gasteiger partial charge in [-0.3, -0.25) is 9.78 Å². The molecule has 1 atom stereocenters. The number of carbonyl (C=O) groups excluding carboxylic acids is 2. The second kappa shape index (κ2) is 9.57. The van der Waals surface area contributed by atoms with E-state index in [4.69, 9.17) is 9.72 Å². The van der Waals surface area contributed by atoms with Crippen LogP contribution in [-0.2, 0) is 28.8 Å². The number of fused-ring (bicyclic) bond motifs is 3. The third-order valence-corrected chi connectivity index (χ3v) is 7.47. The van der Waals surface area contributed by atoms with E-state index in [1.165, 1.54) is 5.56 Å². The third-order valence-electron chi connectivity index (χ3n) is 7.47. The maximum Gasteiger partial charge on any atom is 0.339 e. The maximum atomic E-state index is 13.6. The highest BCUT2D eigenvalue weighted by molar-refractivity contribution is 6.06. The number of para-hydroxylation sites is 2. The van der Waals surface area contributed by atoms with Crippen molar-refractivity contribution in [2.45, 2.75) is 38.0 Å². The Morgan fingerprint density at radius 1 is 0.917 bits per heavy atom. The molecule has 5 heteroatoms. The molecule has 0 N–H and O–H groups in total. The van der Waals surface area contributed by atoms with Gasteiger partial charge in [-0.2, -0.15) is 0 Å². The van der Waals surface area contributed by atoms with Crippen LogP contribution in [0.25, 0.3) is 10.9 Å². The largest absolute Gasteiger partial charge is 0.452 e. The van der Waals surface area contributed by atoms with E-state index in [0.29, 0.717) is 18.0 Å². The topological polar surface area (TPSA) is 59.5 Å². The summed E-state index contributed by atoms with van der Waals surface area (Å²) in [5.41, 5.74) is 6.61. The molecule has 4 aromatic rings. The zero-order valence-corrected chi connectivity index (χ0v) is 20.2. The lowest BCUT2D eigenvalue weighted by Crippen LogP contribution is -2.38. The number of rotatable bonds is 4. The summed E-state index contributed by atoms with van der Waals surface area (Å²) >= 11 is 0. The predicted molar refractivity (Wildman–Crippen MR) is 140 cm³/mol. The molecule has 5 nitrogen and oxygen atoms in total. The predicted octanol–water partition coefficient (Wildman–Crippen LogP) is 5.64. The average molecular weight is 477 g/mol. The first-order valence-corrected chi connectivity index (χ1v) is 12.7. The molecule has 180 valence electrons. The molecule has 1 aliphatic carbocycles. The Hall–Kier alpha value is -3.99. The van der Waals surface area contributed by atoms with E-state index in [2.05, 4.69) is 30.3 Å². The summed E-state index contributed by atoms with van der Waals surface area (Å²) < 4.78 is 5.72. The number of aryl methyl sites for hydroxylation is 2. The summed E-state index contributed by atoms with van der Waals surface area (Å²) in [7, 11) is 0. The summed E-state index contributed by atoms with van der Waals surface area (Å²) in [4.78, 5) is 33.4. The molecule has 2 aliphatic rings. The number of ether oxygens (including phenoxy) is 1. The Kier molecular flexibility index (Phi) is 5.98. The molecular formula is C31H28N2O3. The van der Waals surface area contributed by atoms with Crippen molar-refractivity contribution in [1.29, 1.82) is 0 Å².